The predicted molar refractivity (Wildman–Crippen MR) is 106 cm³/mol. The highest BCUT2D eigenvalue weighted by Crippen LogP contribution is 2.37. The zero-order chi connectivity index (χ0) is 17.9. The number of carbonyl (C=O) groups is 1. The van der Waals surface area contributed by atoms with Crippen LogP contribution >= 0.6 is 11.6 Å². The lowest BCUT2D eigenvalue weighted by Crippen LogP contribution is -2.48. The lowest BCUT2D eigenvalue weighted by molar-refractivity contribution is 0.220. The highest BCUT2D eigenvalue weighted by atomic mass is 35.5. The van der Waals surface area contributed by atoms with Crippen molar-refractivity contribution in [3.8, 4) is 0 Å². The number of amides is 2. The SMILES string of the molecule is O=C(NCC1CCc2ccccc2C1)NC1CC(c2ccc(Cl)cc2)C1. The number of aryl methyl sites for hydroxylation is 1. The maximum atomic E-state index is 12.2. The van der Waals surface area contributed by atoms with E-state index in [2.05, 4.69) is 47.0 Å². The van der Waals surface area contributed by atoms with Crippen molar-refractivity contribution in [2.24, 2.45) is 5.92 Å². The van der Waals surface area contributed by atoms with Crippen LogP contribution in [0.3, 0.4) is 0 Å². The molecule has 2 aliphatic carbocycles. The van der Waals surface area contributed by atoms with Gasteiger partial charge in [0.2, 0.25) is 0 Å². The fraction of sp³-hybridized carbons (Fsp3) is 0.409. The Labute approximate surface area is 160 Å². The summed E-state index contributed by atoms with van der Waals surface area (Å²) >= 11 is 5.94. The first-order valence-electron chi connectivity index (χ1n) is 9.54. The Hall–Kier alpha value is -2.00. The van der Waals surface area contributed by atoms with Crippen LogP contribution in [0.5, 0.6) is 0 Å². The summed E-state index contributed by atoms with van der Waals surface area (Å²) in [5.74, 6) is 1.08. The summed E-state index contributed by atoms with van der Waals surface area (Å²) in [7, 11) is 0. The van der Waals surface area contributed by atoms with E-state index in [1.165, 1.54) is 16.7 Å². The van der Waals surface area contributed by atoms with E-state index >= 15 is 0 Å². The lowest BCUT2D eigenvalue weighted by Gasteiger charge is -2.36. The average molecular weight is 369 g/mol. The zero-order valence-electron chi connectivity index (χ0n) is 14.9. The molecule has 2 aromatic rings. The third-order valence-corrected chi connectivity index (χ3v) is 6.07. The van der Waals surface area contributed by atoms with Gasteiger partial charge in [-0.15, -0.1) is 0 Å². The van der Waals surface area contributed by atoms with E-state index in [-0.39, 0.29) is 12.1 Å². The minimum atomic E-state index is -0.0246. The number of benzene rings is 2. The van der Waals surface area contributed by atoms with Crippen molar-refractivity contribution in [1.82, 2.24) is 10.6 Å². The minimum absolute atomic E-state index is 0.0246. The number of carbonyl (C=O) groups excluding carboxylic acids is 1. The Bertz CT molecular complexity index is 768. The fourth-order valence-corrected chi connectivity index (χ4v) is 4.29. The van der Waals surface area contributed by atoms with Crippen LogP contribution in [-0.4, -0.2) is 18.6 Å². The maximum absolute atomic E-state index is 12.2. The summed E-state index contributed by atoms with van der Waals surface area (Å²) in [5.41, 5.74) is 4.22. The van der Waals surface area contributed by atoms with Crippen LogP contribution in [0, 0.1) is 5.92 Å². The van der Waals surface area contributed by atoms with Crippen molar-refractivity contribution in [1.29, 1.82) is 0 Å². The van der Waals surface area contributed by atoms with Gasteiger partial charge in [0, 0.05) is 17.6 Å². The Kier molecular flexibility index (Phi) is 5.16. The third-order valence-electron chi connectivity index (χ3n) is 5.81. The quantitative estimate of drug-likeness (QED) is 0.807. The van der Waals surface area contributed by atoms with Gasteiger partial charge in [-0.05, 0) is 72.8 Å². The van der Waals surface area contributed by atoms with Crippen molar-refractivity contribution < 1.29 is 4.79 Å². The van der Waals surface area contributed by atoms with E-state index in [0.717, 1.165) is 43.7 Å². The van der Waals surface area contributed by atoms with E-state index in [0.29, 0.717) is 11.8 Å². The second kappa shape index (κ2) is 7.71. The van der Waals surface area contributed by atoms with Crippen LogP contribution < -0.4 is 10.6 Å². The van der Waals surface area contributed by atoms with Gasteiger partial charge in [-0.3, -0.25) is 0 Å². The molecular formula is C22H25ClN2O. The van der Waals surface area contributed by atoms with E-state index in [1.807, 2.05) is 12.1 Å². The molecule has 0 aromatic heterocycles. The number of rotatable bonds is 4. The van der Waals surface area contributed by atoms with Crippen LogP contribution in [0.25, 0.3) is 0 Å². The molecule has 3 nitrogen and oxygen atoms in total. The monoisotopic (exact) mass is 368 g/mol. The number of hydrogen-bond donors (Lipinski definition) is 2. The van der Waals surface area contributed by atoms with E-state index < -0.39 is 0 Å². The number of hydrogen-bond acceptors (Lipinski definition) is 1. The third kappa shape index (κ3) is 4.04. The first-order valence-corrected chi connectivity index (χ1v) is 9.92. The van der Waals surface area contributed by atoms with Gasteiger partial charge in [0.1, 0.15) is 0 Å². The molecule has 0 bridgehead atoms. The molecule has 1 unspecified atom stereocenters. The average Bonchev–Trinajstić information content (AvgIpc) is 2.63. The van der Waals surface area contributed by atoms with E-state index in [4.69, 9.17) is 11.6 Å². The molecule has 2 N–H and O–H groups in total. The van der Waals surface area contributed by atoms with E-state index in [9.17, 15) is 4.79 Å². The molecule has 0 heterocycles. The van der Waals surface area contributed by atoms with Gasteiger partial charge in [-0.25, -0.2) is 4.79 Å². The van der Waals surface area contributed by atoms with Crippen LogP contribution in [0.2, 0.25) is 5.02 Å². The molecule has 0 spiro atoms. The highest BCUT2D eigenvalue weighted by Gasteiger charge is 2.31. The molecule has 1 fully saturated rings. The van der Waals surface area contributed by atoms with E-state index in [1.54, 1.807) is 0 Å². The standard InChI is InChI=1S/C22H25ClN2O/c23-20-9-7-17(8-10-20)19-12-21(13-19)25-22(26)24-14-15-5-6-16-3-1-2-4-18(16)11-15/h1-4,7-10,15,19,21H,5-6,11-14H2,(H2,24,25,26). The molecule has 0 saturated heterocycles. The topological polar surface area (TPSA) is 41.1 Å². The number of halogens is 1. The summed E-state index contributed by atoms with van der Waals surface area (Å²) in [4.78, 5) is 12.2. The van der Waals surface area contributed by atoms with Crippen molar-refractivity contribution in [3.63, 3.8) is 0 Å². The fourth-order valence-electron chi connectivity index (χ4n) is 4.16. The first-order chi connectivity index (χ1) is 12.7. The maximum Gasteiger partial charge on any atom is 0.315 e. The van der Waals surface area contributed by atoms with Gasteiger partial charge in [0.15, 0.2) is 0 Å². The summed E-state index contributed by atoms with van der Waals surface area (Å²) in [5, 5.41) is 6.96. The molecule has 1 saturated carbocycles. The molecule has 2 aromatic carbocycles. The molecular weight excluding hydrogens is 344 g/mol. The Morgan fingerprint density at radius 2 is 1.77 bits per heavy atom. The normalized spacial score (nSPS) is 24.3. The van der Waals surface area contributed by atoms with Gasteiger partial charge < -0.3 is 10.6 Å². The van der Waals surface area contributed by atoms with Crippen molar-refractivity contribution in [2.75, 3.05) is 6.54 Å². The molecule has 1 atom stereocenters. The molecule has 4 heteroatoms. The zero-order valence-corrected chi connectivity index (χ0v) is 15.6. The van der Waals surface area contributed by atoms with Gasteiger partial charge >= 0.3 is 6.03 Å². The van der Waals surface area contributed by atoms with Gasteiger partial charge in [0.25, 0.3) is 0 Å². The smallest absolute Gasteiger partial charge is 0.315 e. The Balaban J connectivity index is 1.18. The molecule has 0 aliphatic heterocycles. The lowest BCUT2D eigenvalue weighted by atomic mass is 9.76. The Morgan fingerprint density at radius 1 is 1.04 bits per heavy atom. The second-order valence-electron chi connectivity index (χ2n) is 7.65. The molecule has 26 heavy (non-hydrogen) atoms. The molecule has 4 rings (SSSR count). The van der Waals surface area contributed by atoms with Gasteiger partial charge in [0.05, 0.1) is 0 Å². The molecule has 136 valence electrons. The van der Waals surface area contributed by atoms with Gasteiger partial charge in [-0.2, -0.15) is 0 Å². The summed E-state index contributed by atoms with van der Waals surface area (Å²) in [6.45, 7) is 0.757. The highest BCUT2D eigenvalue weighted by molar-refractivity contribution is 6.30. The molecule has 2 amide bonds. The van der Waals surface area contributed by atoms with Crippen LogP contribution in [0.1, 0.15) is 41.9 Å². The summed E-state index contributed by atoms with van der Waals surface area (Å²) in [6.07, 6.45) is 5.35. The number of nitrogens with one attached hydrogen (secondary N) is 2. The first kappa shape index (κ1) is 17.4. The Morgan fingerprint density at radius 3 is 2.54 bits per heavy atom. The van der Waals surface area contributed by atoms with Crippen molar-refractivity contribution >= 4 is 17.6 Å². The van der Waals surface area contributed by atoms with Crippen LogP contribution in [-0.2, 0) is 12.8 Å². The van der Waals surface area contributed by atoms with Gasteiger partial charge in [-0.1, -0.05) is 48.0 Å². The molecule has 2 aliphatic rings. The number of urea groups is 1. The largest absolute Gasteiger partial charge is 0.338 e. The number of fused-ring (bicyclic) bond motifs is 1. The summed E-state index contributed by atoms with van der Waals surface area (Å²) in [6, 6.07) is 17.0. The molecule has 0 radical (unpaired) electrons. The van der Waals surface area contributed by atoms with Crippen LogP contribution in [0.15, 0.2) is 48.5 Å². The van der Waals surface area contributed by atoms with Crippen LogP contribution in [0.4, 0.5) is 4.79 Å². The van der Waals surface area contributed by atoms with Crippen molar-refractivity contribution in [3.05, 3.63) is 70.2 Å². The summed E-state index contributed by atoms with van der Waals surface area (Å²) < 4.78 is 0. The second-order valence-corrected chi connectivity index (χ2v) is 8.09. The van der Waals surface area contributed by atoms with Crippen molar-refractivity contribution in [2.45, 2.75) is 44.1 Å². The minimum Gasteiger partial charge on any atom is -0.338 e. The predicted octanol–water partition coefficient (Wildman–Crippen LogP) is 4.69.